The largest absolute Gasteiger partial charge is 0.465 e. The smallest absolute Gasteiger partial charge is 0.341 e. The Morgan fingerprint density at radius 3 is 2.50 bits per heavy atom. The van der Waals surface area contributed by atoms with Gasteiger partial charge in [-0.1, -0.05) is 48.0 Å². The molecule has 3 rings (SSSR count). The molecule has 0 aliphatic carbocycles. The lowest BCUT2D eigenvalue weighted by Crippen LogP contribution is -2.15. The van der Waals surface area contributed by atoms with E-state index in [0.29, 0.717) is 10.6 Å². The third-order valence-corrected chi connectivity index (χ3v) is 4.81. The van der Waals surface area contributed by atoms with Crippen LogP contribution in [0.3, 0.4) is 0 Å². The van der Waals surface area contributed by atoms with Gasteiger partial charge in [-0.25, -0.2) is 4.79 Å². The Hall–Kier alpha value is -2.66. The van der Waals surface area contributed by atoms with Crippen molar-refractivity contribution in [1.29, 1.82) is 0 Å². The number of hydrogen-bond acceptors (Lipinski definition) is 4. The van der Waals surface area contributed by atoms with Crippen LogP contribution in [0.2, 0.25) is 0 Å². The molecule has 0 saturated carbocycles. The first-order chi connectivity index (χ1) is 11.6. The summed E-state index contributed by atoms with van der Waals surface area (Å²) in [5, 5.41) is 4.18. The van der Waals surface area contributed by atoms with Crippen LogP contribution < -0.4 is 5.32 Å². The van der Waals surface area contributed by atoms with Gasteiger partial charge in [-0.15, -0.1) is 11.3 Å². The molecule has 0 atom stereocenters. The molecule has 2 aromatic carbocycles. The van der Waals surface area contributed by atoms with Gasteiger partial charge in [0, 0.05) is 10.1 Å². The Morgan fingerprint density at radius 1 is 1.08 bits per heavy atom. The second-order valence-electron chi connectivity index (χ2n) is 5.50. The fraction of sp³-hybridized carbons (Fsp3) is 0.158. The maximum atomic E-state index is 12.4. The van der Waals surface area contributed by atoms with Gasteiger partial charge in [-0.2, -0.15) is 0 Å². The van der Waals surface area contributed by atoms with Gasteiger partial charge in [0.05, 0.1) is 13.5 Å². The summed E-state index contributed by atoms with van der Waals surface area (Å²) < 4.78 is 5.81. The number of rotatable bonds is 4. The molecule has 0 fully saturated rings. The van der Waals surface area contributed by atoms with Crippen LogP contribution in [-0.4, -0.2) is 19.0 Å². The fourth-order valence-electron chi connectivity index (χ4n) is 2.50. The van der Waals surface area contributed by atoms with Crippen LogP contribution in [0.25, 0.3) is 10.1 Å². The topological polar surface area (TPSA) is 55.4 Å². The number of nitrogens with one attached hydrogen (secondary N) is 1. The Morgan fingerprint density at radius 2 is 1.79 bits per heavy atom. The monoisotopic (exact) mass is 339 g/mol. The molecule has 0 unspecified atom stereocenters. The Balaban J connectivity index is 1.87. The van der Waals surface area contributed by atoms with Crippen LogP contribution in [0.15, 0.2) is 48.5 Å². The van der Waals surface area contributed by atoms with Gasteiger partial charge in [0.2, 0.25) is 5.91 Å². The molecule has 0 saturated heterocycles. The molecule has 0 spiro atoms. The van der Waals surface area contributed by atoms with E-state index in [-0.39, 0.29) is 12.3 Å². The number of amides is 1. The summed E-state index contributed by atoms with van der Waals surface area (Å²) in [4.78, 5) is 24.5. The zero-order valence-corrected chi connectivity index (χ0v) is 14.3. The first-order valence-corrected chi connectivity index (χ1v) is 8.35. The molecule has 0 radical (unpaired) electrons. The lowest BCUT2D eigenvalue weighted by Gasteiger charge is -2.06. The SMILES string of the molecule is COC(=O)c1c(NC(=O)Cc2ccc(C)cc2)sc2ccccc12. The fourth-order valence-corrected chi connectivity index (χ4v) is 3.61. The number of anilines is 1. The van der Waals surface area contributed by atoms with Crippen LogP contribution in [0.4, 0.5) is 5.00 Å². The van der Waals surface area contributed by atoms with Crippen LogP contribution in [-0.2, 0) is 16.0 Å². The van der Waals surface area contributed by atoms with E-state index in [1.165, 1.54) is 18.4 Å². The van der Waals surface area contributed by atoms with Crippen molar-refractivity contribution in [2.45, 2.75) is 13.3 Å². The Labute approximate surface area is 144 Å². The van der Waals surface area contributed by atoms with Crippen molar-refractivity contribution in [3.05, 3.63) is 65.2 Å². The summed E-state index contributed by atoms with van der Waals surface area (Å²) in [7, 11) is 1.34. The predicted octanol–water partition coefficient (Wildman–Crippen LogP) is 4.18. The standard InChI is InChI=1S/C19H17NO3S/c1-12-7-9-13(10-8-12)11-16(21)20-18-17(19(22)23-2)14-5-3-4-6-15(14)24-18/h3-10H,11H2,1-2H3,(H,20,21). The van der Waals surface area contributed by atoms with E-state index in [2.05, 4.69) is 5.32 Å². The number of ether oxygens (including phenoxy) is 1. The Kier molecular flexibility index (Phi) is 4.62. The molecule has 24 heavy (non-hydrogen) atoms. The number of benzene rings is 2. The summed E-state index contributed by atoms with van der Waals surface area (Å²) in [6, 6.07) is 15.3. The van der Waals surface area contributed by atoms with E-state index in [1.54, 1.807) is 0 Å². The molecule has 1 aromatic heterocycles. The van der Waals surface area contributed by atoms with Crippen LogP contribution in [0.5, 0.6) is 0 Å². The number of fused-ring (bicyclic) bond motifs is 1. The van der Waals surface area contributed by atoms with E-state index >= 15 is 0 Å². The third-order valence-electron chi connectivity index (χ3n) is 3.72. The first-order valence-electron chi connectivity index (χ1n) is 7.53. The lowest BCUT2D eigenvalue weighted by molar-refractivity contribution is -0.115. The second-order valence-corrected chi connectivity index (χ2v) is 6.56. The molecular weight excluding hydrogens is 322 g/mol. The summed E-state index contributed by atoms with van der Waals surface area (Å²) in [5.41, 5.74) is 2.49. The molecular formula is C19H17NO3S. The molecule has 0 bridgehead atoms. The molecule has 122 valence electrons. The Bertz CT molecular complexity index is 897. The summed E-state index contributed by atoms with van der Waals surface area (Å²) in [6.45, 7) is 2.00. The average molecular weight is 339 g/mol. The van der Waals surface area contributed by atoms with Crippen molar-refractivity contribution < 1.29 is 14.3 Å². The number of methoxy groups -OCH3 is 1. The van der Waals surface area contributed by atoms with Gasteiger partial charge < -0.3 is 10.1 Å². The van der Waals surface area contributed by atoms with Gasteiger partial charge >= 0.3 is 5.97 Å². The zero-order valence-electron chi connectivity index (χ0n) is 13.5. The number of carbonyl (C=O) groups is 2. The minimum atomic E-state index is -0.446. The van der Waals surface area contributed by atoms with Crippen molar-refractivity contribution in [3.63, 3.8) is 0 Å². The highest BCUT2D eigenvalue weighted by Gasteiger charge is 2.20. The third kappa shape index (κ3) is 3.31. The van der Waals surface area contributed by atoms with E-state index in [0.717, 1.165) is 21.2 Å². The van der Waals surface area contributed by atoms with Gasteiger partial charge in [0.1, 0.15) is 10.6 Å². The number of aryl methyl sites for hydroxylation is 1. The lowest BCUT2D eigenvalue weighted by atomic mass is 10.1. The van der Waals surface area contributed by atoms with Crippen molar-refractivity contribution >= 4 is 38.3 Å². The molecule has 1 heterocycles. The molecule has 5 heteroatoms. The molecule has 1 N–H and O–H groups in total. The van der Waals surface area contributed by atoms with E-state index < -0.39 is 5.97 Å². The van der Waals surface area contributed by atoms with E-state index in [1.807, 2.05) is 55.5 Å². The minimum Gasteiger partial charge on any atom is -0.465 e. The highest BCUT2D eigenvalue weighted by Crippen LogP contribution is 2.36. The second kappa shape index (κ2) is 6.84. The summed E-state index contributed by atoms with van der Waals surface area (Å²) >= 11 is 1.38. The van der Waals surface area contributed by atoms with Crippen molar-refractivity contribution in [1.82, 2.24) is 0 Å². The first kappa shape index (κ1) is 16.2. The van der Waals surface area contributed by atoms with Crippen LogP contribution in [0, 0.1) is 6.92 Å². The molecule has 1 amide bonds. The zero-order chi connectivity index (χ0) is 17.1. The molecule has 3 aromatic rings. The van der Waals surface area contributed by atoms with Crippen molar-refractivity contribution in [2.75, 3.05) is 12.4 Å². The maximum Gasteiger partial charge on any atom is 0.341 e. The van der Waals surface area contributed by atoms with E-state index in [4.69, 9.17) is 4.74 Å². The predicted molar refractivity (Wildman–Crippen MR) is 96.7 cm³/mol. The van der Waals surface area contributed by atoms with Crippen LogP contribution in [0.1, 0.15) is 21.5 Å². The molecule has 0 aliphatic heterocycles. The van der Waals surface area contributed by atoms with Gasteiger partial charge in [0.15, 0.2) is 0 Å². The van der Waals surface area contributed by atoms with Crippen molar-refractivity contribution in [3.8, 4) is 0 Å². The number of hydrogen-bond donors (Lipinski definition) is 1. The van der Waals surface area contributed by atoms with Crippen molar-refractivity contribution in [2.24, 2.45) is 0 Å². The van der Waals surface area contributed by atoms with Gasteiger partial charge in [0.25, 0.3) is 0 Å². The normalized spacial score (nSPS) is 10.6. The van der Waals surface area contributed by atoms with Gasteiger partial charge in [-0.3, -0.25) is 4.79 Å². The number of thiophene rings is 1. The summed E-state index contributed by atoms with van der Waals surface area (Å²) in [5.74, 6) is -0.603. The van der Waals surface area contributed by atoms with Gasteiger partial charge in [-0.05, 0) is 18.6 Å². The van der Waals surface area contributed by atoms with Crippen LogP contribution >= 0.6 is 11.3 Å². The number of esters is 1. The average Bonchev–Trinajstić information content (AvgIpc) is 2.94. The maximum absolute atomic E-state index is 12.4. The van der Waals surface area contributed by atoms with E-state index in [9.17, 15) is 9.59 Å². The quantitative estimate of drug-likeness (QED) is 0.726. The highest BCUT2D eigenvalue weighted by molar-refractivity contribution is 7.23. The molecule has 4 nitrogen and oxygen atoms in total. The highest BCUT2D eigenvalue weighted by atomic mass is 32.1. The molecule has 0 aliphatic rings. The minimum absolute atomic E-state index is 0.157. The summed E-state index contributed by atoms with van der Waals surface area (Å²) in [6.07, 6.45) is 0.259. The number of carbonyl (C=O) groups excluding carboxylic acids is 2.